The Bertz CT molecular complexity index is 893. The fourth-order valence-electron chi connectivity index (χ4n) is 3.12. The number of ether oxygens (including phenoxy) is 2. The molecule has 0 bridgehead atoms. The van der Waals surface area contributed by atoms with Gasteiger partial charge in [0.05, 0.1) is 19.9 Å². The highest BCUT2D eigenvalue weighted by atomic mass is 16.5. The summed E-state index contributed by atoms with van der Waals surface area (Å²) in [6, 6.07) is 11.6. The van der Waals surface area contributed by atoms with E-state index in [1.165, 1.54) is 5.56 Å². The molecule has 0 aliphatic carbocycles. The standard InChI is InChI=1S/C20H21NO3/c1-12(2)19-15-9-13(11-22)5-7-16(15)21-20(19)14-6-8-17(23-3)18(10-14)24-4/h5-12,21H,1-4H3. The van der Waals surface area contributed by atoms with E-state index in [-0.39, 0.29) is 0 Å². The number of carbonyl (C=O) groups excluding carboxylic acids is 1. The molecule has 4 nitrogen and oxygen atoms in total. The lowest BCUT2D eigenvalue weighted by Gasteiger charge is -2.12. The first-order valence-corrected chi connectivity index (χ1v) is 7.92. The van der Waals surface area contributed by atoms with Crippen LogP contribution in [-0.2, 0) is 0 Å². The Morgan fingerprint density at radius 2 is 1.75 bits per heavy atom. The van der Waals surface area contributed by atoms with Crippen LogP contribution in [0.2, 0.25) is 0 Å². The van der Waals surface area contributed by atoms with E-state index in [0.29, 0.717) is 23.0 Å². The number of hydrogen-bond donors (Lipinski definition) is 1. The van der Waals surface area contributed by atoms with Crippen LogP contribution in [0.5, 0.6) is 11.5 Å². The maximum atomic E-state index is 11.1. The van der Waals surface area contributed by atoms with Gasteiger partial charge in [0.25, 0.3) is 0 Å². The summed E-state index contributed by atoms with van der Waals surface area (Å²) >= 11 is 0. The molecule has 0 saturated carbocycles. The lowest BCUT2D eigenvalue weighted by Crippen LogP contribution is -1.93. The molecule has 0 aliphatic rings. The third-order valence-electron chi connectivity index (χ3n) is 4.25. The third-order valence-corrected chi connectivity index (χ3v) is 4.25. The van der Waals surface area contributed by atoms with Crippen molar-refractivity contribution in [2.45, 2.75) is 19.8 Å². The van der Waals surface area contributed by atoms with Gasteiger partial charge in [0, 0.05) is 22.0 Å². The number of nitrogens with one attached hydrogen (secondary N) is 1. The maximum absolute atomic E-state index is 11.1. The summed E-state index contributed by atoms with van der Waals surface area (Å²) in [5.41, 5.74) is 4.97. The molecule has 124 valence electrons. The minimum atomic E-state index is 0.309. The van der Waals surface area contributed by atoms with Gasteiger partial charge < -0.3 is 14.5 Å². The van der Waals surface area contributed by atoms with Crippen molar-refractivity contribution < 1.29 is 14.3 Å². The van der Waals surface area contributed by atoms with E-state index in [2.05, 4.69) is 18.8 Å². The van der Waals surface area contributed by atoms with Gasteiger partial charge in [-0.1, -0.05) is 13.8 Å². The molecule has 0 saturated heterocycles. The normalized spacial score (nSPS) is 11.0. The molecule has 0 fully saturated rings. The second kappa shape index (κ2) is 6.40. The van der Waals surface area contributed by atoms with Crippen molar-refractivity contribution in [3.05, 3.63) is 47.5 Å². The Kier molecular flexibility index (Phi) is 4.30. The SMILES string of the molecule is COc1ccc(-c2[nH]c3ccc(C=O)cc3c2C(C)C)cc1OC. The molecular weight excluding hydrogens is 302 g/mol. The predicted octanol–water partition coefficient (Wildman–Crippen LogP) is 4.79. The fraction of sp³-hybridized carbons (Fsp3) is 0.250. The van der Waals surface area contributed by atoms with E-state index in [1.807, 2.05) is 36.4 Å². The molecule has 1 N–H and O–H groups in total. The molecule has 0 atom stereocenters. The fourth-order valence-corrected chi connectivity index (χ4v) is 3.12. The molecule has 4 heteroatoms. The van der Waals surface area contributed by atoms with Crippen LogP contribution in [0.4, 0.5) is 0 Å². The number of carbonyl (C=O) groups is 1. The molecular formula is C20H21NO3. The maximum Gasteiger partial charge on any atom is 0.161 e. The summed E-state index contributed by atoms with van der Waals surface area (Å²) in [4.78, 5) is 14.6. The van der Waals surface area contributed by atoms with Crippen LogP contribution in [0, 0.1) is 0 Å². The third kappa shape index (κ3) is 2.64. The van der Waals surface area contributed by atoms with E-state index in [4.69, 9.17) is 9.47 Å². The van der Waals surface area contributed by atoms with E-state index in [0.717, 1.165) is 28.4 Å². The van der Waals surface area contributed by atoms with Crippen molar-refractivity contribution >= 4 is 17.2 Å². The molecule has 3 aromatic rings. The van der Waals surface area contributed by atoms with Gasteiger partial charge in [-0.3, -0.25) is 4.79 Å². The van der Waals surface area contributed by atoms with Gasteiger partial charge in [-0.15, -0.1) is 0 Å². The molecule has 0 unspecified atom stereocenters. The Morgan fingerprint density at radius 3 is 2.38 bits per heavy atom. The Labute approximate surface area is 141 Å². The summed E-state index contributed by atoms with van der Waals surface area (Å²) in [5.74, 6) is 1.70. The summed E-state index contributed by atoms with van der Waals surface area (Å²) in [5, 5.41) is 1.08. The van der Waals surface area contributed by atoms with Crippen LogP contribution in [0.3, 0.4) is 0 Å². The Balaban J connectivity index is 2.25. The summed E-state index contributed by atoms with van der Waals surface area (Å²) in [6.07, 6.45) is 0.882. The van der Waals surface area contributed by atoms with Crippen LogP contribution in [0.15, 0.2) is 36.4 Å². The van der Waals surface area contributed by atoms with E-state index in [9.17, 15) is 4.79 Å². The largest absolute Gasteiger partial charge is 0.493 e. The number of methoxy groups -OCH3 is 2. The Morgan fingerprint density at radius 1 is 1.00 bits per heavy atom. The van der Waals surface area contributed by atoms with Crippen molar-refractivity contribution in [3.63, 3.8) is 0 Å². The quantitative estimate of drug-likeness (QED) is 0.687. The lowest BCUT2D eigenvalue weighted by atomic mass is 9.95. The van der Waals surface area contributed by atoms with Crippen LogP contribution >= 0.6 is 0 Å². The Hall–Kier alpha value is -2.75. The van der Waals surface area contributed by atoms with Crippen molar-refractivity contribution in [3.8, 4) is 22.8 Å². The molecule has 2 aromatic carbocycles. The number of hydrogen-bond acceptors (Lipinski definition) is 3. The smallest absolute Gasteiger partial charge is 0.161 e. The zero-order valence-corrected chi connectivity index (χ0v) is 14.3. The first kappa shape index (κ1) is 16.1. The summed E-state index contributed by atoms with van der Waals surface area (Å²) in [7, 11) is 3.26. The lowest BCUT2D eigenvalue weighted by molar-refractivity contribution is 0.112. The van der Waals surface area contributed by atoms with Gasteiger partial charge >= 0.3 is 0 Å². The van der Waals surface area contributed by atoms with Gasteiger partial charge in [-0.25, -0.2) is 0 Å². The van der Waals surface area contributed by atoms with Crippen LogP contribution in [0.25, 0.3) is 22.2 Å². The number of fused-ring (bicyclic) bond motifs is 1. The number of aromatic nitrogens is 1. The van der Waals surface area contributed by atoms with Gasteiger partial charge in [0.15, 0.2) is 11.5 Å². The minimum absolute atomic E-state index is 0.309. The number of H-pyrrole nitrogens is 1. The van der Waals surface area contributed by atoms with Crippen LogP contribution < -0.4 is 9.47 Å². The molecule has 3 rings (SSSR count). The highest BCUT2D eigenvalue weighted by molar-refractivity contribution is 5.95. The predicted molar refractivity (Wildman–Crippen MR) is 96.3 cm³/mol. The van der Waals surface area contributed by atoms with Crippen molar-refractivity contribution in [1.29, 1.82) is 0 Å². The molecule has 1 aromatic heterocycles. The van der Waals surface area contributed by atoms with Gasteiger partial charge in [-0.05, 0) is 47.9 Å². The minimum Gasteiger partial charge on any atom is -0.493 e. The number of rotatable bonds is 5. The second-order valence-electron chi connectivity index (χ2n) is 6.06. The monoisotopic (exact) mass is 323 g/mol. The number of aromatic amines is 1. The number of benzene rings is 2. The van der Waals surface area contributed by atoms with E-state index < -0.39 is 0 Å². The molecule has 0 spiro atoms. The van der Waals surface area contributed by atoms with Crippen molar-refractivity contribution in [1.82, 2.24) is 4.98 Å². The van der Waals surface area contributed by atoms with E-state index in [1.54, 1.807) is 14.2 Å². The molecule has 0 amide bonds. The van der Waals surface area contributed by atoms with Crippen LogP contribution in [-0.4, -0.2) is 25.5 Å². The van der Waals surface area contributed by atoms with Crippen molar-refractivity contribution in [2.75, 3.05) is 14.2 Å². The highest BCUT2D eigenvalue weighted by Gasteiger charge is 2.17. The first-order chi connectivity index (χ1) is 11.6. The topological polar surface area (TPSA) is 51.3 Å². The van der Waals surface area contributed by atoms with Gasteiger partial charge in [0.1, 0.15) is 6.29 Å². The average Bonchev–Trinajstić information content (AvgIpc) is 2.99. The average molecular weight is 323 g/mol. The molecule has 24 heavy (non-hydrogen) atoms. The van der Waals surface area contributed by atoms with Crippen molar-refractivity contribution in [2.24, 2.45) is 0 Å². The highest BCUT2D eigenvalue weighted by Crippen LogP contribution is 2.39. The summed E-state index contributed by atoms with van der Waals surface area (Å²) < 4.78 is 10.7. The zero-order valence-electron chi connectivity index (χ0n) is 14.3. The molecule has 0 radical (unpaired) electrons. The molecule has 1 heterocycles. The van der Waals surface area contributed by atoms with Crippen LogP contribution in [0.1, 0.15) is 35.7 Å². The van der Waals surface area contributed by atoms with Gasteiger partial charge in [0.2, 0.25) is 0 Å². The van der Waals surface area contributed by atoms with E-state index >= 15 is 0 Å². The number of aldehydes is 1. The van der Waals surface area contributed by atoms with Gasteiger partial charge in [-0.2, -0.15) is 0 Å². The second-order valence-corrected chi connectivity index (χ2v) is 6.06. The zero-order chi connectivity index (χ0) is 17.3. The molecule has 0 aliphatic heterocycles. The first-order valence-electron chi connectivity index (χ1n) is 7.92. The summed E-state index contributed by atoms with van der Waals surface area (Å²) in [6.45, 7) is 4.31.